The molecule has 4 aromatic rings. The fraction of sp³-hybridized carbons (Fsp3) is 0.200. The van der Waals surface area contributed by atoms with Crippen LogP contribution < -0.4 is 10.6 Å². The Morgan fingerprint density at radius 2 is 1.77 bits per heavy atom. The molecule has 0 radical (unpaired) electrons. The predicted molar refractivity (Wildman–Crippen MR) is 125 cm³/mol. The van der Waals surface area contributed by atoms with Gasteiger partial charge < -0.3 is 10.6 Å². The molecule has 5 nitrogen and oxygen atoms in total. The summed E-state index contributed by atoms with van der Waals surface area (Å²) in [7, 11) is 0. The van der Waals surface area contributed by atoms with Gasteiger partial charge in [-0.3, -0.25) is 9.89 Å². The Bertz CT molecular complexity index is 1230. The first-order valence-corrected chi connectivity index (χ1v) is 10.9. The van der Waals surface area contributed by atoms with Gasteiger partial charge in [0.2, 0.25) is 5.91 Å². The highest BCUT2D eigenvalue weighted by atomic mass is 35.5. The van der Waals surface area contributed by atoms with Crippen molar-refractivity contribution in [1.29, 1.82) is 0 Å². The van der Waals surface area contributed by atoms with E-state index in [2.05, 4.69) is 57.2 Å². The summed E-state index contributed by atoms with van der Waals surface area (Å²) in [5.74, 6) is 0.152. The quantitative estimate of drug-likeness (QED) is 0.406. The maximum Gasteiger partial charge on any atom is 0.220 e. The molecule has 1 aliphatic rings. The van der Waals surface area contributed by atoms with E-state index in [9.17, 15) is 4.79 Å². The Labute approximate surface area is 185 Å². The van der Waals surface area contributed by atoms with Gasteiger partial charge in [0.1, 0.15) is 0 Å². The van der Waals surface area contributed by atoms with Crippen molar-refractivity contribution in [3.05, 3.63) is 77.4 Å². The van der Waals surface area contributed by atoms with Crippen molar-refractivity contribution >= 4 is 28.4 Å². The lowest BCUT2D eigenvalue weighted by Crippen LogP contribution is -2.35. The van der Waals surface area contributed by atoms with Crippen LogP contribution in [0.1, 0.15) is 18.4 Å². The molecule has 0 unspecified atom stereocenters. The molecule has 1 fully saturated rings. The van der Waals surface area contributed by atoms with Gasteiger partial charge in [0.25, 0.3) is 0 Å². The van der Waals surface area contributed by atoms with Crippen molar-refractivity contribution in [3.63, 3.8) is 0 Å². The number of amides is 1. The van der Waals surface area contributed by atoms with Gasteiger partial charge in [-0.1, -0.05) is 66.2 Å². The van der Waals surface area contributed by atoms with Crippen molar-refractivity contribution < 1.29 is 4.79 Å². The molecule has 0 saturated carbocycles. The van der Waals surface area contributed by atoms with Crippen molar-refractivity contribution in [2.45, 2.75) is 25.4 Å². The summed E-state index contributed by atoms with van der Waals surface area (Å²) in [5, 5.41) is 15.4. The molecule has 156 valence electrons. The Morgan fingerprint density at radius 3 is 2.58 bits per heavy atom. The molecule has 3 N–H and O–H groups in total. The van der Waals surface area contributed by atoms with E-state index in [-0.39, 0.29) is 11.9 Å². The molecule has 1 amide bonds. The second-order valence-electron chi connectivity index (χ2n) is 7.93. The third kappa shape index (κ3) is 4.07. The summed E-state index contributed by atoms with van der Waals surface area (Å²) in [6.07, 6.45) is 3.38. The lowest BCUT2D eigenvalue weighted by atomic mass is 9.96. The van der Waals surface area contributed by atoms with Gasteiger partial charge in [-0.25, -0.2) is 0 Å². The minimum atomic E-state index is 0.152. The molecular formula is C25H23ClN4O. The number of halogens is 1. The van der Waals surface area contributed by atoms with Crippen LogP contribution in [0.4, 0.5) is 0 Å². The SMILES string of the molecule is O=C1CC[C@@H](CNCc2ccc(-c3cccc(-c4cccc5[nH]ncc45)c3Cl)cc2)N1. The highest BCUT2D eigenvalue weighted by Crippen LogP contribution is 2.38. The van der Waals surface area contributed by atoms with Crippen LogP contribution >= 0.6 is 11.6 Å². The van der Waals surface area contributed by atoms with E-state index in [1.807, 2.05) is 30.5 Å². The second-order valence-corrected chi connectivity index (χ2v) is 8.31. The summed E-state index contributed by atoms with van der Waals surface area (Å²) in [4.78, 5) is 11.3. The van der Waals surface area contributed by atoms with Gasteiger partial charge in [0.05, 0.1) is 16.7 Å². The van der Waals surface area contributed by atoms with Crippen molar-refractivity contribution in [2.75, 3.05) is 6.54 Å². The number of H-pyrrole nitrogens is 1. The van der Waals surface area contributed by atoms with E-state index in [0.29, 0.717) is 6.42 Å². The van der Waals surface area contributed by atoms with Gasteiger partial charge in [0, 0.05) is 42.1 Å². The number of nitrogens with one attached hydrogen (secondary N) is 3. The molecule has 0 bridgehead atoms. The molecule has 5 rings (SSSR count). The highest BCUT2D eigenvalue weighted by Gasteiger charge is 2.19. The van der Waals surface area contributed by atoms with E-state index in [1.165, 1.54) is 5.56 Å². The van der Waals surface area contributed by atoms with Gasteiger partial charge >= 0.3 is 0 Å². The van der Waals surface area contributed by atoms with Crippen LogP contribution in [0.25, 0.3) is 33.2 Å². The molecule has 0 spiro atoms. The van der Waals surface area contributed by atoms with E-state index in [1.54, 1.807) is 0 Å². The first-order valence-electron chi connectivity index (χ1n) is 10.5. The van der Waals surface area contributed by atoms with E-state index >= 15 is 0 Å². The maximum absolute atomic E-state index is 11.3. The predicted octanol–water partition coefficient (Wildman–Crippen LogP) is 4.92. The third-order valence-corrected chi connectivity index (χ3v) is 6.25. The van der Waals surface area contributed by atoms with Crippen LogP contribution in [0, 0.1) is 0 Å². The van der Waals surface area contributed by atoms with Crippen LogP contribution in [0.15, 0.2) is 66.9 Å². The Hall–Kier alpha value is -3.15. The fourth-order valence-corrected chi connectivity index (χ4v) is 4.53. The topological polar surface area (TPSA) is 69.8 Å². The molecule has 2 heterocycles. The first-order chi connectivity index (χ1) is 15.2. The Kier molecular flexibility index (Phi) is 5.45. The number of hydrogen-bond donors (Lipinski definition) is 3. The van der Waals surface area contributed by atoms with Crippen LogP contribution in [0.3, 0.4) is 0 Å². The van der Waals surface area contributed by atoms with E-state index < -0.39 is 0 Å². The number of fused-ring (bicyclic) bond motifs is 1. The number of carbonyl (C=O) groups excluding carboxylic acids is 1. The lowest BCUT2D eigenvalue weighted by molar-refractivity contribution is -0.119. The number of hydrogen-bond acceptors (Lipinski definition) is 3. The van der Waals surface area contributed by atoms with E-state index in [0.717, 1.165) is 57.7 Å². The number of rotatable bonds is 6. The largest absolute Gasteiger partial charge is 0.352 e. The summed E-state index contributed by atoms with van der Waals surface area (Å²) in [5.41, 5.74) is 6.34. The normalized spacial score (nSPS) is 16.0. The molecule has 31 heavy (non-hydrogen) atoms. The minimum absolute atomic E-state index is 0.152. The van der Waals surface area contributed by atoms with Gasteiger partial charge in [-0.05, 0) is 29.2 Å². The highest BCUT2D eigenvalue weighted by molar-refractivity contribution is 6.36. The molecule has 3 aromatic carbocycles. The summed E-state index contributed by atoms with van der Waals surface area (Å²) in [6.45, 7) is 1.56. The zero-order chi connectivity index (χ0) is 21.2. The minimum Gasteiger partial charge on any atom is -0.352 e. The second kappa shape index (κ2) is 8.53. The number of benzene rings is 3. The maximum atomic E-state index is 11.3. The average Bonchev–Trinajstić information content (AvgIpc) is 3.43. The number of carbonyl (C=O) groups is 1. The summed E-state index contributed by atoms with van der Waals surface area (Å²) >= 11 is 6.88. The Morgan fingerprint density at radius 1 is 1.00 bits per heavy atom. The first kappa shape index (κ1) is 19.8. The van der Waals surface area contributed by atoms with Crippen LogP contribution in [-0.2, 0) is 11.3 Å². The average molecular weight is 431 g/mol. The standard InChI is InChI=1S/C25H23ClN4O/c26-25-19(3-1-5-21(25)20-4-2-6-23-22(20)15-28-30-23)17-9-7-16(8-10-17)13-27-14-18-11-12-24(31)29-18/h1-10,15,18,27H,11-14H2,(H,28,30)(H,29,31)/t18-/m0/s1. The number of aromatic nitrogens is 2. The summed E-state index contributed by atoms with van der Waals surface area (Å²) in [6, 6.07) is 20.9. The van der Waals surface area contributed by atoms with E-state index in [4.69, 9.17) is 11.6 Å². The van der Waals surface area contributed by atoms with Crippen molar-refractivity contribution in [2.24, 2.45) is 0 Å². The molecule has 1 saturated heterocycles. The van der Waals surface area contributed by atoms with Crippen molar-refractivity contribution in [3.8, 4) is 22.3 Å². The van der Waals surface area contributed by atoms with Gasteiger partial charge in [0.15, 0.2) is 0 Å². The molecular weight excluding hydrogens is 408 g/mol. The molecule has 6 heteroatoms. The zero-order valence-electron chi connectivity index (χ0n) is 17.0. The van der Waals surface area contributed by atoms with Gasteiger partial charge in [-0.15, -0.1) is 0 Å². The number of nitrogens with zero attached hydrogens (tertiary/aromatic N) is 1. The van der Waals surface area contributed by atoms with Crippen LogP contribution in [-0.4, -0.2) is 28.7 Å². The smallest absolute Gasteiger partial charge is 0.220 e. The van der Waals surface area contributed by atoms with Gasteiger partial charge in [-0.2, -0.15) is 5.10 Å². The molecule has 1 aromatic heterocycles. The van der Waals surface area contributed by atoms with Crippen LogP contribution in [0.5, 0.6) is 0 Å². The Balaban J connectivity index is 1.34. The third-order valence-electron chi connectivity index (χ3n) is 5.84. The number of aromatic amines is 1. The monoisotopic (exact) mass is 430 g/mol. The molecule has 1 atom stereocenters. The fourth-order valence-electron chi connectivity index (χ4n) is 4.19. The molecule has 1 aliphatic heterocycles. The summed E-state index contributed by atoms with van der Waals surface area (Å²) < 4.78 is 0. The zero-order valence-corrected chi connectivity index (χ0v) is 17.7. The van der Waals surface area contributed by atoms with Crippen LogP contribution in [0.2, 0.25) is 5.02 Å². The lowest BCUT2D eigenvalue weighted by Gasteiger charge is -2.13. The molecule has 0 aliphatic carbocycles. The van der Waals surface area contributed by atoms with Crippen molar-refractivity contribution in [1.82, 2.24) is 20.8 Å².